The maximum atomic E-state index is 13.8. The number of amides is 2. The van der Waals surface area contributed by atoms with Crippen LogP contribution in [0.3, 0.4) is 0 Å². The first-order chi connectivity index (χ1) is 14.0. The van der Waals surface area contributed by atoms with Crippen molar-refractivity contribution in [1.82, 2.24) is 9.97 Å². The number of benzene rings is 3. The molecule has 1 heterocycles. The van der Waals surface area contributed by atoms with Crippen molar-refractivity contribution in [3.05, 3.63) is 78.1 Å². The highest BCUT2D eigenvalue weighted by molar-refractivity contribution is 6.07. The van der Waals surface area contributed by atoms with Gasteiger partial charge in [-0.2, -0.15) is 0 Å². The Balaban J connectivity index is 1.65. The fourth-order valence-electron chi connectivity index (χ4n) is 3.03. The van der Waals surface area contributed by atoms with Gasteiger partial charge in [-0.1, -0.05) is 24.3 Å². The zero-order valence-corrected chi connectivity index (χ0v) is 15.5. The van der Waals surface area contributed by atoms with Crippen LogP contribution >= 0.6 is 0 Å². The number of nitrogens with zero attached hydrogens (tertiary/aromatic N) is 1. The van der Waals surface area contributed by atoms with Gasteiger partial charge in [-0.05, 0) is 42.5 Å². The van der Waals surface area contributed by atoms with E-state index in [1.165, 1.54) is 19.1 Å². The number of fused-ring (bicyclic) bond motifs is 1. The summed E-state index contributed by atoms with van der Waals surface area (Å²) in [5, 5.41) is 5.21. The number of carbonyl (C=O) groups is 2. The van der Waals surface area contributed by atoms with Crippen molar-refractivity contribution in [3.63, 3.8) is 0 Å². The van der Waals surface area contributed by atoms with Crippen molar-refractivity contribution in [2.75, 3.05) is 10.6 Å². The molecule has 0 saturated heterocycles. The molecule has 3 aromatic carbocycles. The first kappa shape index (κ1) is 18.4. The lowest BCUT2D eigenvalue weighted by molar-refractivity contribution is -0.114. The third-order valence-corrected chi connectivity index (χ3v) is 4.36. The topological polar surface area (TPSA) is 86.9 Å². The summed E-state index contributed by atoms with van der Waals surface area (Å²) in [6.07, 6.45) is 0. The number of carbonyl (C=O) groups excluding carboxylic acids is 2. The van der Waals surface area contributed by atoms with Gasteiger partial charge in [-0.3, -0.25) is 9.59 Å². The van der Waals surface area contributed by atoms with Crippen LogP contribution in [0, 0.1) is 5.82 Å². The molecule has 4 aromatic rings. The van der Waals surface area contributed by atoms with Gasteiger partial charge in [-0.25, -0.2) is 9.37 Å². The third kappa shape index (κ3) is 3.84. The van der Waals surface area contributed by atoms with Gasteiger partial charge in [0.2, 0.25) is 5.91 Å². The van der Waals surface area contributed by atoms with Crippen molar-refractivity contribution in [2.45, 2.75) is 6.92 Å². The number of para-hydroxylation sites is 3. The van der Waals surface area contributed by atoms with Crippen molar-refractivity contribution < 1.29 is 14.0 Å². The van der Waals surface area contributed by atoms with E-state index >= 15 is 0 Å². The summed E-state index contributed by atoms with van der Waals surface area (Å²) in [5.41, 5.74) is 3.16. The third-order valence-electron chi connectivity index (χ3n) is 4.36. The number of anilines is 2. The summed E-state index contributed by atoms with van der Waals surface area (Å²) in [5.74, 6) is -0.837. The van der Waals surface area contributed by atoms with Gasteiger partial charge in [0.15, 0.2) is 0 Å². The second kappa shape index (κ2) is 7.55. The van der Waals surface area contributed by atoms with Crippen molar-refractivity contribution in [1.29, 1.82) is 0 Å². The number of aromatic amines is 1. The first-order valence-corrected chi connectivity index (χ1v) is 8.94. The summed E-state index contributed by atoms with van der Waals surface area (Å²) < 4.78 is 13.8. The summed E-state index contributed by atoms with van der Waals surface area (Å²) in [7, 11) is 0. The zero-order chi connectivity index (χ0) is 20.4. The Morgan fingerprint density at radius 3 is 2.48 bits per heavy atom. The van der Waals surface area contributed by atoms with Crippen LogP contribution in [0.25, 0.3) is 22.4 Å². The zero-order valence-electron chi connectivity index (χ0n) is 15.5. The molecule has 0 aliphatic rings. The molecule has 4 rings (SSSR count). The number of halogens is 1. The predicted octanol–water partition coefficient (Wildman–Crippen LogP) is 4.58. The molecule has 29 heavy (non-hydrogen) atoms. The SMILES string of the molecule is CC(=O)Nc1cc(C(=O)Nc2ccccc2-c2nc3ccccc3[nH]2)ccc1F. The number of hydrogen-bond donors (Lipinski definition) is 3. The van der Waals surface area contributed by atoms with E-state index in [0.717, 1.165) is 22.7 Å². The summed E-state index contributed by atoms with van der Waals surface area (Å²) >= 11 is 0. The van der Waals surface area contributed by atoms with E-state index in [2.05, 4.69) is 20.6 Å². The minimum absolute atomic E-state index is 0.0456. The van der Waals surface area contributed by atoms with E-state index in [9.17, 15) is 14.0 Å². The van der Waals surface area contributed by atoms with Crippen LogP contribution in [0.5, 0.6) is 0 Å². The van der Waals surface area contributed by atoms with E-state index in [-0.39, 0.29) is 11.3 Å². The lowest BCUT2D eigenvalue weighted by atomic mass is 10.1. The maximum Gasteiger partial charge on any atom is 0.255 e. The number of imidazole rings is 1. The number of rotatable bonds is 4. The molecular formula is C22H17FN4O2. The Morgan fingerprint density at radius 2 is 1.69 bits per heavy atom. The van der Waals surface area contributed by atoms with Gasteiger partial charge < -0.3 is 15.6 Å². The molecule has 0 aliphatic heterocycles. The summed E-state index contributed by atoms with van der Waals surface area (Å²) in [4.78, 5) is 31.8. The molecule has 0 bridgehead atoms. The Kier molecular flexibility index (Phi) is 4.78. The number of nitrogens with one attached hydrogen (secondary N) is 3. The first-order valence-electron chi connectivity index (χ1n) is 8.94. The Labute approximate surface area is 165 Å². The minimum atomic E-state index is -0.612. The highest BCUT2D eigenvalue weighted by Gasteiger charge is 2.15. The largest absolute Gasteiger partial charge is 0.338 e. The van der Waals surface area contributed by atoms with Gasteiger partial charge in [0, 0.05) is 18.1 Å². The molecule has 0 fully saturated rings. The Hall–Kier alpha value is -4.00. The number of hydrogen-bond acceptors (Lipinski definition) is 3. The van der Waals surface area contributed by atoms with E-state index in [1.54, 1.807) is 12.1 Å². The fourth-order valence-corrected chi connectivity index (χ4v) is 3.03. The molecule has 0 radical (unpaired) electrons. The Morgan fingerprint density at radius 1 is 0.931 bits per heavy atom. The number of H-pyrrole nitrogens is 1. The van der Waals surface area contributed by atoms with Gasteiger partial charge in [0.25, 0.3) is 5.91 Å². The van der Waals surface area contributed by atoms with Crippen LogP contribution in [0.4, 0.5) is 15.8 Å². The van der Waals surface area contributed by atoms with Gasteiger partial charge >= 0.3 is 0 Å². The van der Waals surface area contributed by atoms with E-state index in [1.807, 2.05) is 36.4 Å². The molecule has 6 nitrogen and oxygen atoms in total. The lowest BCUT2D eigenvalue weighted by Crippen LogP contribution is -2.14. The van der Waals surface area contributed by atoms with Crippen LogP contribution in [-0.2, 0) is 4.79 Å². The highest BCUT2D eigenvalue weighted by Crippen LogP contribution is 2.28. The average Bonchev–Trinajstić information content (AvgIpc) is 3.13. The van der Waals surface area contributed by atoms with Crippen molar-refractivity contribution >= 4 is 34.2 Å². The van der Waals surface area contributed by atoms with E-state index < -0.39 is 17.6 Å². The smallest absolute Gasteiger partial charge is 0.255 e. The second-order valence-corrected chi connectivity index (χ2v) is 6.48. The summed E-state index contributed by atoms with van der Waals surface area (Å²) in [6, 6.07) is 18.7. The summed E-state index contributed by atoms with van der Waals surface area (Å²) in [6.45, 7) is 1.27. The van der Waals surface area contributed by atoms with Gasteiger partial charge in [0.05, 0.1) is 22.4 Å². The predicted molar refractivity (Wildman–Crippen MR) is 110 cm³/mol. The quantitative estimate of drug-likeness (QED) is 0.478. The van der Waals surface area contributed by atoms with Crippen molar-refractivity contribution in [3.8, 4) is 11.4 Å². The molecule has 2 amide bonds. The molecular weight excluding hydrogens is 371 g/mol. The molecule has 0 saturated carbocycles. The van der Waals surface area contributed by atoms with Crippen LogP contribution in [0.2, 0.25) is 0 Å². The van der Waals surface area contributed by atoms with Crippen LogP contribution < -0.4 is 10.6 Å². The minimum Gasteiger partial charge on any atom is -0.338 e. The van der Waals surface area contributed by atoms with Crippen LogP contribution in [0.1, 0.15) is 17.3 Å². The van der Waals surface area contributed by atoms with Gasteiger partial charge in [0.1, 0.15) is 11.6 Å². The second-order valence-electron chi connectivity index (χ2n) is 6.48. The molecule has 0 aliphatic carbocycles. The molecule has 3 N–H and O–H groups in total. The van der Waals surface area contributed by atoms with Crippen LogP contribution in [-0.4, -0.2) is 21.8 Å². The molecule has 7 heteroatoms. The average molecular weight is 388 g/mol. The lowest BCUT2D eigenvalue weighted by Gasteiger charge is -2.11. The highest BCUT2D eigenvalue weighted by atomic mass is 19.1. The van der Waals surface area contributed by atoms with Crippen molar-refractivity contribution in [2.24, 2.45) is 0 Å². The van der Waals surface area contributed by atoms with E-state index in [4.69, 9.17) is 0 Å². The Bertz CT molecular complexity index is 1200. The maximum absolute atomic E-state index is 13.8. The van der Waals surface area contributed by atoms with Crippen LogP contribution in [0.15, 0.2) is 66.7 Å². The normalized spacial score (nSPS) is 10.7. The molecule has 0 unspecified atom stereocenters. The van der Waals surface area contributed by atoms with E-state index in [0.29, 0.717) is 11.5 Å². The monoisotopic (exact) mass is 388 g/mol. The molecule has 0 atom stereocenters. The standard InChI is InChI=1S/C22H17FN4O2/c1-13(28)24-20-12-14(10-11-16(20)23)22(29)27-17-7-3-2-6-15(17)21-25-18-8-4-5-9-19(18)26-21/h2-12H,1H3,(H,24,28)(H,25,26)(H,27,29). The fraction of sp³-hybridized carbons (Fsp3) is 0.0455. The molecule has 1 aromatic heterocycles. The molecule has 0 spiro atoms. The number of aromatic nitrogens is 2. The molecule has 144 valence electrons. The van der Waals surface area contributed by atoms with Gasteiger partial charge in [-0.15, -0.1) is 0 Å².